The number of rotatable bonds is 11. The lowest BCUT2D eigenvalue weighted by Gasteiger charge is -2.33. The van der Waals surface area contributed by atoms with Crippen LogP contribution in [0.4, 0.5) is 0 Å². The van der Waals surface area contributed by atoms with Crippen molar-refractivity contribution in [1.82, 2.24) is 9.76 Å². The molecule has 0 aromatic carbocycles. The first-order chi connectivity index (χ1) is 8.64. The van der Waals surface area contributed by atoms with Gasteiger partial charge in [-0.15, -0.1) is 0 Å². The highest BCUT2D eigenvalue weighted by atomic mass is 31.2. The van der Waals surface area contributed by atoms with Crippen LogP contribution in [0.1, 0.15) is 19.8 Å². The third-order valence-corrected chi connectivity index (χ3v) is 6.19. The van der Waals surface area contributed by atoms with E-state index in [0.717, 1.165) is 45.7 Å². The van der Waals surface area contributed by atoms with E-state index < -0.39 is 7.36 Å². The summed E-state index contributed by atoms with van der Waals surface area (Å²) in [7, 11) is 3.85. The highest BCUT2D eigenvalue weighted by molar-refractivity contribution is 7.61. The molecule has 1 N–H and O–H groups in total. The van der Waals surface area contributed by atoms with E-state index in [9.17, 15) is 0 Å². The van der Waals surface area contributed by atoms with E-state index in [1.807, 2.05) is 7.05 Å². The van der Waals surface area contributed by atoms with E-state index in [4.69, 9.17) is 9.47 Å². The largest absolute Gasteiger partial charge is 0.385 e. The third-order valence-electron chi connectivity index (χ3n) is 3.01. The smallest absolute Gasteiger partial charge is 0.0909 e. The van der Waals surface area contributed by atoms with Gasteiger partial charge in [0, 0.05) is 54.1 Å². The van der Waals surface area contributed by atoms with Crippen LogP contribution in [0.25, 0.3) is 0 Å². The Bertz CT molecular complexity index is 249. The van der Waals surface area contributed by atoms with Gasteiger partial charge in [0.2, 0.25) is 0 Å². The summed E-state index contributed by atoms with van der Waals surface area (Å²) < 4.78 is 17.2. The van der Waals surface area contributed by atoms with Gasteiger partial charge in [-0.3, -0.25) is 14.5 Å². The highest BCUT2D eigenvalue weighted by Crippen LogP contribution is 2.44. The molecule has 0 aliphatic heterocycles. The molecule has 0 aliphatic rings. The van der Waals surface area contributed by atoms with E-state index in [1.165, 1.54) is 0 Å². The molecule has 6 heteroatoms. The molecule has 0 amide bonds. The number of methoxy groups -OCH3 is 2. The van der Waals surface area contributed by atoms with Gasteiger partial charge in [-0.1, -0.05) is 6.92 Å². The molecule has 1 atom stereocenters. The third kappa shape index (κ3) is 6.86. The lowest BCUT2D eigenvalue weighted by atomic mass is 10.4. The quantitative estimate of drug-likeness (QED) is 0.465. The number of hydrogen-bond donors (Lipinski definition) is 1. The molecule has 0 aromatic rings. The maximum absolute atomic E-state index is 5.11. The predicted molar refractivity (Wildman–Crippen MR) is 79.4 cm³/mol. The SMILES string of the molecule is CCN(CCCOC)P(C)(=NC)NCCCOC. The summed E-state index contributed by atoms with van der Waals surface area (Å²) in [6.07, 6.45) is 2.08. The molecule has 0 saturated heterocycles. The van der Waals surface area contributed by atoms with E-state index in [1.54, 1.807) is 14.2 Å². The molecule has 0 fully saturated rings. The topological polar surface area (TPSA) is 46.1 Å². The molecule has 0 saturated carbocycles. The Morgan fingerprint density at radius 3 is 2.28 bits per heavy atom. The predicted octanol–water partition coefficient (Wildman–Crippen LogP) is 2.26. The van der Waals surface area contributed by atoms with Crippen molar-refractivity contribution in [1.29, 1.82) is 0 Å². The normalized spacial score (nSPS) is 14.8. The second kappa shape index (κ2) is 10.9. The average Bonchev–Trinajstić information content (AvgIpc) is 2.39. The first-order valence-electron chi connectivity index (χ1n) is 6.60. The lowest BCUT2D eigenvalue weighted by molar-refractivity contribution is 0.188. The fraction of sp³-hybridized carbons (Fsp3) is 1.00. The molecular weight excluding hydrogens is 249 g/mol. The Hall–Kier alpha value is 0.0700. The zero-order valence-corrected chi connectivity index (χ0v) is 13.5. The van der Waals surface area contributed by atoms with Gasteiger partial charge in [0.15, 0.2) is 0 Å². The summed E-state index contributed by atoms with van der Waals surface area (Å²) in [5.74, 6) is 0. The zero-order chi connectivity index (χ0) is 13.9. The van der Waals surface area contributed by atoms with E-state index in [-0.39, 0.29) is 0 Å². The minimum absolute atomic E-state index is 0.798. The summed E-state index contributed by atoms with van der Waals surface area (Å²) in [5, 5.41) is 3.61. The Balaban J connectivity index is 4.29. The molecule has 0 rings (SSSR count). The first-order valence-corrected chi connectivity index (χ1v) is 8.75. The molecule has 0 bridgehead atoms. The van der Waals surface area contributed by atoms with Gasteiger partial charge in [-0.05, 0) is 19.5 Å². The first kappa shape index (κ1) is 18.1. The Morgan fingerprint density at radius 1 is 1.17 bits per heavy atom. The van der Waals surface area contributed by atoms with Crippen LogP contribution >= 0.6 is 7.36 Å². The van der Waals surface area contributed by atoms with Crippen LogP contribution in [0.3, 0.4) is 0 Å². The van der Waals surface area contributed by atoms with Crippen LogP contribution in [-0.2, 0) is 9.47 Å². The molecule has 5 nitrogen and oxygen atoms in total. The van der Waals surface area contributed by atoms with Crippen molar-refractivity contribution in [3.8, 4) is 0 Å². The van der Waals surface area contributed by atoms with Gasteiger partial charge in [0.25, 0.3) is 0 Å². The van der Waals surface area contributed by atoms with Gasteiger partial charge in [-0.25, -0.2) is 0 Å². The van der Waals surface area contributed by atoms with Crippen molar-refractivity contribution in [2.45, 2.75) is 19.8 Å². The van der Waals surface area contributed by atoms with Crippen LogP contribution in [0.15, 0.2) is 4.74 Å². The van der Waals surface area contributed by atoms with Crippen LogP contribution in [0, 0.1) is 0 Å². The molecule has 18 heavy (non-hydrogen) atoms. The second-order valence-electron chi connectivity index (χ2n) is 4.26. The van der Waals surface area contributed by atoms with Crippen molar-refractivity contribution in [2.75, 3.05) is 60.8 Å². The fourth-order valence-corrected chi connectivity index (χ4v) is 4.08. The summed E-state index contributed by atoms with van der Waals surface area (Å²) >= 11 is 0. The number of nitrogens with one attached hydrogen (secondary N) is 1. The van der Waals surface area contributed by atoms with Crippen LogP contribution in [0.5, 0.6) is 0 Å². The van der Waals surface area contributed by atoms with Gasteiger partial charge >= 0.3 is 0 Å². The molecular formula is C12H30N3O2P. The van der Waals surface area contributed by atoms with Crippen molar-refractivity contribution in [3.05, 3.63) is 0 Å². The van der Waals surface area contributed by atoms with Crippen LogP contribution in [0.2, 0.25) is 0 Å². The summed E-state index contributed by atoms with van der Waals surface area (Å²) in [5.41, 5.74) is 0. The van der Waals surface area contributed by atoms with Crippen molar-refractivity contribution >= 4 is 7.36 Å². The van der Waals surface area contributed by atoms with E-state index in [0.29, 0.717) is 0 Å². The summed E-state index contributed by atoms with van der Waals surface area (Å²) in [6.45, 7) is 9.03. The molecule has 0 spiro atoms. The average molecular weight is 279 g/mol. The fourth-order valence-electron chi connectivity index (χ4n) is 1.82. The maximum atomic E-state index is 5.11. The molecule has 0 heterocycles. The molecule has 0 aromatic heterocycles. The number of nitrogens with zero attached hydrogens (tertiary/aromatic N) is 2. The van der Waals surface area contributed by atoms with E-state index >= 15 is 0 Å². The minimum Gasteiger partial charge on any atom is -0.385 e. The van der Waals surface area contributed by atoms with Crippen molar-refractivity contribution in [3.63, 3.8) is 0 Å². The standard InChI is InChI=1S/C12H30N3O2P/c1-6-15(10-8-12-17-4)18(5,13-2)14-9-7-11-16-3/h14H,6-12H2,1-5H3. The number of hydrogen-bond acceptors (Lipinski definition) is 3. The number of ether oxygens (including phenoxy) is 2. The molecule has 0 aliphatic carbocycles. The van der Waals surface area contributed by atoms with Crippen molar-refractivity contribution in [2.24, 2.45) is 4.74 Å². The maximum Gasteiger partial charge on any atom is 0.0909 e. The second-order valence-corrected chi connectivity index (χ2v) is 7.37. The monoisotopic (exact) mass is 279 g/mol. The Kier molecular flexibility index (Phi) is 11.0. The molecule has 0 radical (unpaired) electrons. The summed E-state index contributed by atoms with van der Waals surface area (Å²) in [6, 6.07) is 0. The van der Waals surface area contributed by atoms with Crippen LogP contribution < -0.4 is 5.09 Å². The molecule has 110 valence electrons. The zero-order valence-electron chi connectivity index (χ0n) is 12.6. The van der Waals surface area contributed by atoms with Gasteiger partial charge in [0.05, 0.1) is 7.36 Å². The Labute approximate surface area is 112 Å². The van der Waals surface area contributed by atoms with E-state index in [2.05, 4.69) is 28.1 Å². The van der Waals surface area contributed by atoms with Gasteiger partial charge in [0.1, 0.15) is 0 Å². The minimum atomic E-state index is -1.54. The molecule has 1 unspecified atom stereocenters. The Morgan fingerprint density at radius 2 is 1.78 bits per heavy atom. The highest BCUT2D eigenvalue weighted by Gasteiger charge is 2.19. The van der Waals surface area contributed by atoms with Crippen molar-refractivity contribution < 1.29 is 9.47 Å². The van der Waals surface area contributed by atoms with Gasteiger partial charge < -0.3 is 9.47 Å². The van der Waals surface area contributed by atoms with Crippen LogP contribution in [-0.4, -0.2) is 65.5 Å². The lowest BCUT2D eigenvalue weighted by Crippen LogP contribution is -2.30. The summed E-state index contributed by atoms with van der Waals surface area (Å²) in [4.78, 5) is 0. The van der Waals surface area contributed by atoms with Gasteiger partial charge in [-0.2, -0.15) is 0 Å².